The van der Waals surface area contributed by atoms with Crippen molar-refractivity contribution in [3.8, 4) is 0 Å². The monoisotopic (exact) mass is 265 g/mol. The summed E-state index contributed by atoms with van der Waals surface area (Å²) in [6.07, 6.45) is 0. The Morgan fingerprint density at radius 2 is 1.67 bits per heavy atom. The summed E-state index contributed by atoms with van der Waals surface area (Å²) in [6, 6.07) is 9.76. The van der Waals surface area contributed by atoms with Gasteiger partial charge in [-0.25, -0.2) is 8.78 Å². The number of carbonyl (C=O) groups excluding carboxylic acids is 1. The van der Waals surface area contributed by atoms with Crippen molar-refractivity contribution < 1.29 is 13.6 Å². The third-order valence-corrected chi connectivity index (χ3v) is 2.59. The third kappa shape index (κ3) is 2.68. The molecule has 1 N–H and O–H groups in total. The Hall–Kier alpha value is -1.88. The summed E-state index contributed by atoms with van der Waals surface area (Å²) < 4.78 is 26.7. The molecule has 0 bridgehead atoms. The van der Waals surface area contributed by atoms with E-state index in [2.05, 4.69) is 17.9 Å². The van der Waals surface area contributed by atoms with Gasteiger partial charge in [-0.2, -0.15) is 0 Å². The molecule has 2 aromatic rings. The molecule has 5 heteroatoms. The lowest BCUT2D eigenvalue weighted by molar-refractivity contribution is 0.102. The molecule has 0 saturated carbocycles. The first-order valence-corrected chi connectivity index (χ1v) is 5.57. The largest absolute Gasteiger partial charge is 0.317 e. The summed E-state index contributed by atoms with van der Waals surface area (Å²) in [4.78, 5) is 12.4. The van der Waals surface area contributed by atoms with Crippen molar-refractivity contribution in [3.63, 3.8) is 0 Å². The van der Waals surface area contributed by atoms with Crippen molar-refractivity contribution in [2.45, 2.75) is 4.90 Å². The number of benzene rings is 2. The standard InChI is InChI=1S/C13H9F2NOS/c14-10-5-2-6-11(15)12(10)16-13(17)8-3-1-4-9(18)7-8/h1-7,18H,(H,16,17). The molecule has 0 fully saturated rings. The molecule has 0 atom stereocenters. The fourth-order valence-electron chi connectivity index (χ4n) is 1.45. The zero-order valence-corrected chi connectivity index (χ0v) is 10.0. The first-order valence-electron chi connectivity index (χ1n) is 5.12. The van der Waals surface area contributed by atoms with Crippen molar-refractivity contribution >= 4 is 24.2 Å². The number of thiol groups is 1. The van der Waals surface area contributed by atoms with Crippen molar-refractivity contribution in [1.82, 2.24) is 0 Å². The molecule has 92 valence electrons. The van der Waals surface area contributed by atoms with Crippen molar-refractivity contribution in [1.29, 1.82) is 0 Å². The van der Waals surface area contributed by atoms with Gasteiger partial charge in [0.05, 0.1) is 0 Å². The van der Waals surface area contributed by atoms with E-state index in [4.69, 9.17) is 0 Å². The van der Waals surface area contributed by atoms with Crippen LogP contribution in [-0.2, 0) is 0 Å². The molecule has 2 aromatic carbocycles. The van der Waals surface area contributed by atoms with E-state index < -0.39 is 23.2 Å². The van der Waals surface area contributed by atoms with Crippen LogP contribution in [0.25, 0.3) is 0 Å². The van der Waals surface area contributed by atoms with Crippen molar-refractivity contribution in [2.75, 3.05) is 5.32 Å². The number of carbonyl (C=O) groups is 1. The van der Waals surface area contributed by atoms with Gasteiger partial charge in [-0.1, -0.05) is 12.1 Å². The van der Waals surface area contributed by atoms with E-state index in [1.807, 2.05) is 0 Å². The third-order valence-electron chi connectivity index (χ3n) is 2.31. The van der Waals surface area contributed by atoms with Gasteiger partial charge in [0.2, 0.25) is 0 Å². The quantitative estimate of drug-likeness (QED) is 0.799. The van der Waals surface area contributed by atoms with Crippen LogP contribution in [0.4, 0.5) is 14.5 Å². The number of nitrogens with one attached hydrogen (secondary N) is 1. The summed E-state index contributed by atoms with van der Waals surface area (Å²) in [6.45, 7) is 0. The first kappa shape index (κ1) is 12.6. The van der Waals surface area contributed by atoms with E-state index in [0.29, 0.717) is 4.90 Å². The smallest absolute Gasteiger partial charge is 0.255 e. The zero-order valence-electron chi connectivity index (χ0n) is 9.15. The van der Waals surface area contributed by atoms with E-state index in [-0.39, 0.29) is 5.56 Å². The predicted molar refractivity (Wildman–Crippen MR) is 68.0 cm³/mol. The molecule has 0 unspecified atom stereocenters. The van der Waals surface area contributed by atoms with E-state index in [1.165, 1.54) is 18.2 Å². The minimum atomic E-state index is -0.814. The highest BCUT2D eigenvalue weighted by atomic mass is 32.1. The Kier molecular flexibility index (Phi) is 3.62. The minimum Gasteiger partial charge on any atom is -0.317 e. The highest BCUT2D eigenvalue weighted by molar-refractivity contribution is 7.80. The summed E-state index contributed by atoms with van der Waals surface area (Å²) in [5.74, 6) is -2.22. The SMILES string of the molecule is O=C(Nc1c(F)cccc1F)c1cccc(S)c1. The Bertz CT molecular complexity index is 581. The molecule has 0 aliphatic heterocycles. The van der Waals surface area contributed by atoms with Crippen LogP contribution in [-0.4, -0.2) is 5.91 Å². The van der Waals surface area contributed by atoms with Crippen LogP contribution < -0.4 is 5.32 Å². The molecule has 0 heterocycles. The van der Waals surface area contributed by atoms with Gasteiger partial charge in [-0.15, -0.1) is 12.6 Å². The van der Waals surface area contributed by atoms with Gasteiger partial charge in [0.15, 0.2) is 0 Å². The number of rotatable bonds is 2. The highest BCUT2D eigenvalue weighted by Gasteiger charge is 2.13. The lowest BCUT2D eigenvalue weighted by Gasteiger charge is -2.07. The number of hydrogen-bond acceptors (Lipinski definition) is 2. The van der Waals surface area contributed by atoms with E-state index >= 15 is 0 Å². The first-order chi connectivity index (χ1) is 8.58. The Morgan fingerprint density at radius 3 is 2.28 bits per heavy atom. The summed E-state index contributed by atoms with van der Waals surface area (Å²) in [5, 5.41) is 2.20. The van der Waals surface area contributed by atoms with Crippen LogP contribution in [0.1, 0.15) is 10.4 Å². The number of para-hydroxylation sites is 1. The fourth-order valence-corrected chi connectivity index (χ4v) is 1.68. The minimum absolute atomic E-state index is 0.283. The van der Waals surface area contributed by atoms with Gasteiger partial charge in [-0.3, -0.25) is 4.79 Å². The second-order valence-corrected chi connectivity index (χ2v) is 4.12. The lowest BCUT2D eigenvalue weighted by atomic mass is 10.2. The van der Waals surface area contributed by atoms with Crippen molar-refractivity contribution in [3.05, 3.63) is 59.7 Å². The van der Waals surface area contributed by atoms with Crippen molar-refractivity contribution in [2.24, 2.45) is 0 Å². The molecular weight excluding hydrogens is 256 g/mol. The molecule has 2 rings (SSSR count). The predicted octanol–water partition coefficient (Wildman–Crippen LogP) is 3.51. The molecule has 2 nitrogen and oxygen atoms in total. The van der Waals surface area contributed by atoms with Crippen LogP contribution in [0.5, 0.6) is 0 Å². The molecule has 0 aliphatic carbocycles. The summed E-state index contributed by atoms with van der Waals surface area (Å²) in [7, 11) is 0. The maximum atomic E-state index is 13.3. The Morgan fingerprint density at radius 1 is 1.06 bits per heavy atom. The molecule has 0 saturated heterocycles. The Labute approximate surface area is 108 Å². The molecule has 0 radical (unpaired) electrons. The van der Waals surface area contributed by atoms with Crippen LogP contribution in [0.2, 0.25) is 0 Å². The molecule has 0 aliphatic rings. The van der Waals surface area contributed by atoms with Gasteiger partial charge >= 0.3 is 0 Å². The van der Waals surface area contributed by atoms with Gasteiger partial charge < -0.3 is 5.32 Å². The molecular formula is C13H9F2NOS. The molecule has 1 amide bonds. The van der Waals surface area contributed by atoms with Crippen LogP contribution in [0.3, 0.4) is 0 Å². The maximum Gasteiger partial charge on any atom is 0.255 e. The normalized spacial score (nSPS) is 10.2. The van der Waals surface area contributed by atoms with Gasteiger partial charge in [0, 0.05) is 10.5 Å². The summed E-state index contributed by atoms with van der Waals surface area (Å²) in [5.41, 5.74) is -0.169. The number of hydrogen-bond donors (Lipinski definition) is 2. The maximum absolute atomic E-state index is 13.3. The average Bonchev–Trinajstić information content (AvgIpc) is 2.34. The number of anilines is 1. The van der Waals surface area contributed by atoms with Crippen LogP contribution in [0, 0.1) is 11.6 Å². The van der Waals surface area contributed by atoms with Crippen LogP contribution >= 0.6 is 12.6 Å². The number of halogens is 2. The highest BCUT2D eigenvalue weighted by Crippen LogP contribution is 2.19. The Balaban J connectivity index is 2.27. The molecule has 0 spiro atoms. The fraction of sp³-hybridized carbons (Fsp3) is 0. The molecule has 18 heavy (non-hydrogen) atoms. The molecule has 0 aromatic heterocycles. The summed E-state index contributed by atoms with van der Waals surface area (Å²) >= 11 is 4.09. The average molecular weight is 265 g/mol. The van der Waals surface area contributed by atoms with Crippen LogP contribution in [0.15, 0.2) is 47.4 Å². The zero-order chi connectivity index (χ0) is 13.1. The number of amides is 1. The van der Waals surface area contributed by atoms with E-state index in [0.717, 1.165) is 12.1 Å². The van der Waals surface area contributed by atoms with Gasteiger partial charge in [0.25, 0.3) is 5.91 Å². The topological polar surface area (TPSA) is 29.1 Å². The van der Waals surface area contributed by atoms with Gasteiger partial charge in [-0.05, 0) is 30.3 Å². The lowest BCUT2D eigenvalue weighted by Crippen LogP contribution is -2.14. The second-order valence-electron chi connectivity index (χ2n) is 3.60. The van der Waals surface area contributed by atoms with E-state index in [9.17, 15) is 13.6 Å². The van der Waals surface area contributed by atoms with E-state index in [1.54, 1.807) is 12.1 Å². The second kappa shape index (κ2) is 5.18. The van der Waals surface area contributed by atoms with Gasteiger partial charge in [0.1, 0.15) is 17.3 Å².